The van der Waals surface area contributed by atoms with Gasteiger partial charge in [-0.1, -0.05) is 12.2 Å². The smallest absolute Gasteiger partial charge is 0.407 e. The van der Waals surface area contributed by atoms with Gasteiger partial charge in [-0.05, 0) is 56.3 Å². The summed E-state index contributed by atoms with van der Waals surface area (Å²) in [5.41, 5.74) is 5.12. The Balaban J connectivity index is 1.26. The zero-order chi connectivity index (χ0) is 28.8. The average Bonchev–Trinajstić information content (AvgIpc) is 3.59. The van der Waals surface area contributed by atoms with Crippen molar-refractivity contribution in [2.45, 2.75) is 38.5 Å². The molecule has 0 spiro atoms. The van der Waals surface area contributed by atoms with Gasteiger partial charge in [-0.2, -0.15) is 0 Å². The van der Waals surface area contributed by atoms with Crippen molar-refractivity contribution in [2.24, 2.45) is 23.5 Å². The first-order valence-corrected chi connectivity index (χ1v) is 14.3. The zero-order valence-electron chi connectivity index (χ0n) is 23.5. The summed E-state index contributed by atoms with van der Waals surface area (Å²) in [6.07, 6.45) is 10.2. The lowest BCUT2D eigenvalue weighted by Gasteiger charge is -2.09. The van der Waals surface area contributed by atoms with E-state index in [0.717, 1.165) is 24.7 Å². The molecule has 4 amide bonds. The molecule has 3 atom stereocenters. The predicted molar refractivity (Wildman–Crippen MR) is 147 cm³/mol. The van der Waals surface area contributed by atoms with Crippen molar-refractivity contribution in [2.75, 3.05) is 79.0 Å². The van der Waals surface area contributed by atoms with E-state index in [0.29, 0.717) is 78.1 Å². The molecule has 1 saturated carbocycles. The van der Waals surface area contributed by atoms with E-state index in [1.807, 2.05) is 0 Å². The molecule has 0 bridgehead atoms. The molecule has 0 aromatic carbocycles. The van der Waals surface area contributed by atoms with Crippen LogP contribution in [-0.4, -0.2) is 103 Å². The van der Waals surface area contributed by atoms with Gasteiger partial charge in [0.2, 0.25) is 17.7 Å². The van der Waals surface area contributed by atoms with E-state index in [1.54, 1.807) is 0 Å². The third-order valence-electron chi connectivity index (χ3n) is 6.76. The molecule has 2 aliphatic rings. The minimum atomic E-state index is -0.468. The molecule has 0 heterocycles. The van der Waals surface area contributed by atoms with Crippen LogP contribution in [0.15, 0.2) is 12.2 Å². The van der Waals surface area contributed by atoms with Crippen molar-refractivity contribution >= 4 is 23.8 Å². The van der Waals surface area contributed by atoms with Crippen LogP contribution in [0.2, 0.25) is 0 Å². The quantitative estimate of drug-likeness (QED) is 0.0928. The average molecular weight is 570 g/mol. The van der Waals surface area contributed by atoms with Gasteiger partial charge < -0.3 is 45.9 Å². The highest BCUT2D eigenvalue weighted by molar-refractivity contribution is 5.88. The van der Waals surface area contributed by atoms with Gasteiger partial charge in [0, 0.05) is 26.3 Å². The van der Waals surface area contributed by atoms with Crippen LogP contribution >= 0.6 is 0 Å². The zero-order valence-corrected chi connectivity index (χ0v) is 23.5. The van der Waals surface area contributed by atoms with Gasteiger partial charge in [-0.3, -0.25) is 14.4 Å². The van der Waals surface area contributed by atoms with Crippen LogP contribution in [0.25, 0.3) is 0 Å². The summed E-state index contributed by atoms with van der Waals surface area (Å²) < 4.78 is 21.8. The fraction of sp³-hybridized carbons (Fsp3) is 0.778. The molecule has 0 aromatic heterocycles. The van der Waals surface area contributed by atoms with Crippen LogP contribution in [0.1, 0.15) is 38.5 Å². The van der Waals surface area contributed by atoms with Crippen molar-refractivity contribution in [3.05, 3.63) is 12.2 Å². The highest BCUT2D eigenvalue weighted by atomic mass is 16.6. The first-order chi connectivity index (χ1) is 19.5. The molecule has 0 radical (unpaired) electrons. The number of ether oxygens (including phenoxy) is 4. The van der Waals surface area contributed by atoms with E-state index < -0.39 is 11.8 Å². The van der Waals surface area contributed by atoms with E-state index in [2.05, 4.69) is 33.4 Å². The van der Waals surface area contributed by atoms with Crippen LogP contribution in [0, 0.1) is 17.8 Å². The monoisotopic (exact) mass is 569 g/mol. The van der Waals surface area contributed by atoms with Gasteiger partial charge in [-0.25, -0.2) is 4.79 Å². The number of rotatable bonds is 21. The number of amides is 4. The van der Waals surface area contributed by atoms with Crippen molar-refractivity contribution in [3.63, 3.8) is 0 Å². The van der Waals surface area contributed by atoms with Gasteiger partial charge in [0.25, 0.3) is 0 Å². The number of carbonyl (C=O) groups is 4. The third kappa shape index (κ3) is 15.8. The molecular formula is C27H47N5O8. The number of fused-ring (bicyclic) bond motifs is 1. The summed E-state index contributed by atoms with van der Waals surface area (Å²) >= 11 is 0. The second-order valence-electron chi connectivity index (χ2n) is 9.79. The number of hydrogen-bond acceptors (Lipinski definition) is 9. The highest BCUT2D eigenvalue weighted by Gasteiger charge is 2.49. The van der Waals surface area contributed by atoms with Gasteiger partial charge in [0.05, 0.1) is 52.7 Å². The lowest BCUT2D eigenvalue weighted by Crippen LogP contribution is -2.43. The number of nitrogens with two attached hydrogens (primary N) is 1. The SMILES string of the molecule is NCC(=O)NCC(=O)NCC(=O)NCCCOCCOCCOCCCNC(=O)OCC1[C@H]2CC/C=C\CC[C@@H]12. The topological polar surface area (TPSA) is 179 Å². The molecule has 1 unspecified atom stereocenters. The fourth-order valence-corrected chi connectivity index (χ4v) is 4.53. The normalized spacial score (nSPS) is 20.3. The fourth-order valence-electron chi connectivity index (χ4n) is 4.53. The molecule has 228 valence electrons. The first-order valence-electron chi connectivity index (χ1n) is 14.3. The minimum Gasteiger partial charge on any atom is -0.449 e. The van der Waals surface area contributed by atoms with Crippen LogP contribution in [0.3, 0.4) is 0 Å². The van der Waals surface area contributed by atoms with Crippen LogP contribution in [0.5, 0.6) is 0 Å². The van der Waals surface area contributed by atoms with Crippen molar-refractivity contribution < 1.29 is 38.1 Å². The Morgan fingerprint density at radius 2 is 1.18 bits per heavy atom. The second-order valence-corrected chi connectivity index (χ2v) is 9.79. The molecule has 13 heteroatoms. The Labute approximate surface area is 236 Å². The van der Waals surface area contributed by atoms with Crippen LogP contribution in [0.4, 0.5) is 4.79 Å². The lowest BCUT2D eigenvalue weighted by molar-refractivity contribution is -0.127. The number of allylic oxidation sites excluding steroid dienone is 2. The molecular weight excluding hydrogens is 522 g/mol. The minimum absolute atomic E-state index is 0.170. The molecule has 0 saturated heterocycles. The molecule has 1 fully saturated rings. The van der Waals surface area contributed by atoms with E-state index in [1.165, 1.54) is 12.8 Å². The summed E-state index contributed by atoms with van der Waals surface area (Å²) in [5.74, 6) is 0.739. The summed E-state index contributed by atoms with van der Waals surface area (Å²) in [5, 5.41) is 10.2. The standard InChI is InChI=1S/C27H47N5O8/c28-17-24(33)31-19-26(35)32-18-25(34)29-9-5-11-37-13-15-39-16-14-38-12-6-10-30-27(36)40-20-23-21-7-3-1-2-4-8-22(21)23/h1-2,21-23H,3-20,28H2,(H,29,34)(H,30,36)(H,31,33)(H,32,35)/b2-1-/t21-,22+,23?. The molecule has 0 aliphatic heterocycles. The number of alkyl carbamates (subject to hydrolysis) is 1. The molecule has 6 N–H and O–H groups in total. The van der Waals surface area contributed by atoms with Gasteiger partial charge in [0.15, 0.2) is 0 Å². The van der Waals surface area contributed by atoms with Gasteiger partial charge in [0.1, 0.15) is 0 Å². The highest BCUT2D eigenvalue weighted by Crippen LogP contribution is 2.52. The summed E-state index contributed by atoms with van der Waals surface area (Å²) in [7, 11) is 0. The summed E-state index contributed by atoms with van der Waals surface area (Å²) in [4.78, 5) is 46.0. The Morgan fingerprint density at radius 3 is 1.75 bits per heavy atom. The van der Waals surface area contributed by atoms with Crippen molar-refractivity contribution in [1.29, 1.82) is 0 Å². The molecule has 40 heavy (non-hydrogen) atoms. The van der Waals surface area contributed by atoms with E-state index in [4.69, 9.17) is 24.7 Å². The van der Waals surface area contributed by atoms with E-state index in [-0.39, 0.29) is 31.6 Å². The third-order valence-corrected chi connectivity index (χ3v) is 6.76. The maximum Gasteiger partial charge on any atom is 0.407 e. The molecule has 2 rings (SSSR count). The predicted octanol–water partition coefficient (Wildman–Crippen LogP) is -0.158. The number of nitrogens with one attached hydrogen (secondary N) is 4. The molecule has 13 nitrogen and oxygen atoms in total. The molecule has 2 aliphatic carbocycles. The Bertz CT molecular complexity index is 781. The van der Waals surface area contributed by atoms with Crippen molar-refractivity contribution in [3.8, 4) is 0 Å². The van der Waals surface area contributed by atoms with E-state index >= 15 is 0 Å². The maximum atomic E-state index is 11.9. The van der Waals surface area contributed by atoms with Gasteiger partial charge in [-0.15, -0.1) is 0 Å². The van der Waals surface area contributed by atoms with Crippen LogP contribution < -0.4 is 27.0 Å². The summed E-state index contributed by atoms with van der Waals surface area (Å²) in [6.45, 7) is 3.65. The van der Waals surface area contributed by atoms with Gasteiger partial charge >= 0.3 is 6.09 Å². The maximum absolute atomic E-state index is 11.9. The largest absolute Gasteiger partial charge is 0.449 e. The lowest BCUT2D eigenvalue weighted by atomic mass is 10.1. The number of hydrogen-bond donors (Lipinski definition) is 5. The Hall–Kier alpha value is -2.74. The number of carbonyl (C=O) groups excluding carboxylic acids is 4. The Kier molecular flexibility index (Phi) is 17.6. The first kappa shape index (κ1) is 33.5. The van der Waals surface area contributed by atoms with Crippen molar-refractivity contribution in [1.82, 2.24) is 21.3 Å². The van der Waals surface area contributed by atoms with E-state index in [9.17, 15) is 19.2 Å². The second kappa shape index (κ2) is 21.1. The van der Waals surface area contributed by atoms with Crippen LogP contribution in [-0.2, 0) is 33.3 Å². The molecule has 0 aromatic rings. The Morgan fingerprint density at radius 1 is 0.675 bits per heavy atom. The summed E-state index contributed by atoms with van der Waals surface area (Å²) in [6, 6.07) is 0.